The molecule has 0 radical (unpaired) electrons. The molecule has 1 aliphatic rings. The number of hydrogen-bond donors (Lipinski definition) is 1. The van der Waals surface area contributed by atoms with Gasteiger partial charge in [0, 0.05) is 20.0 Å². The van der Waals surface area contributed by atoms with Crippen molar-refractivity contribution >= 4 is 5.97 Å². The number of methoxy groups -OCH3 is 2. The fourth-order valence-electron chi connectivity index (χ4n) is 1.86. The van der Waals surface area contributed by atoms with Crippen molar-refractivity contribution in [3.05, 3.63) is 0 Å². The highest BCUT2D eigenvalue weighted by molar-refractivity contribution is 5.82. The van der Waals surface area contributed by atoms with Crippen molar-refractivity contribution in [2.24, 2.45) is 5.92 Å². The first-order chi connectivity index (χ1) is 7.04. The lowest BCUT2D eigenvalue weighted by Crippen LogP contribution is -2.64. The fourth-order valence-corrected chi connectivity index (χ4v) is 1.86. The average Bonchev–Trinajstić information content (AvgIpc) is 2.15. The zero-order valence-electron chi connectivity index (χ0n) is 10.0. The quantitative estimate of drug-likeness (QED) is 0.694. The van der Waals surface area contributed by atoms with Crippen LogP contribution in [0.4, 0.5) is 0 Å². The Balaban J connectivity index is 2.52. The first kappa shape index (κ1) is 12.5. The Labute approximate surface area is 91.3 Å². The highest BCUT2D eigenvalue weighted by Crippen LogP contribution is 2.35. The lowest BCUT2D eigenvalue weighted by molar-refractivity contribution is -0.160. The summed E-state index contributed by atoms with van der Waals surface area (Å²) < 4.78 is 10.0. The van der Waals surface area contributed by atoms with Gasteiger partial charge in [0.2, 0.25) is 0 Å². The maximum Gasteiger partial charge on any atom is 0.326 e. The van der Waals surface area contributed by atoms with E-state index < -0.39 is 5.54 Å². The predicted molar refractivity (Wildman–Crippen MR) is 57.6 cm³/mol. The van der Waals surface area contributed by atoms with Gasteiger partial charge in [0.15, 0.2) is 0 Å². The maximum atomic E-state index is 11.6. The van der Waals surface area contributed by atoms with E-state index in [1.165, 1.54) is 7.11 Å². The molecule has 4 nitrogen and oxygen atoms in total. The number of esters is 1. The zero-order chi connectivity index (χ0) is 11.5. The highest BCUT2D eigenvalue weighted by atomic mass is 16.5. The van der Waals surface area contributed by atoms with Crippen molar-refractivity contribution in [1.82, 2.24) is 5.32 Å². The average molecular weight is 215 g/mol. The third-order valence-electron chi connectivity index (χ3n) is 2.91. The minimum Gasteiger partial charge on any atom is -0.468 e. The Kier molecular flexibility index (Phi) is 4.11. The molecule has 0 saturated heterocycles. The van der Waals surface area contributed by atoms with Gasteiger partial charge in [-0.2, -0.15) is 0 Å². The van der Waals surface area contributed by atoms with Crippen LogP contribution in [0.2, 0.25) is 0 Å². The van der Waals surface area contributed by atoms with Crippen LogP contribution in [0.1, 0.15) is 26.7 Å². The van der Waals surface area contributed by atoms with Crippen LogP contribution in [0.5, 0.6) is 0 Å². The molecule has 0 aromatic carbocycles. The van der Waals surface area contributed by atoms with Crippen LogP contribution >= 0.6 is 0 Å². The summed E-state index contributed by atoms with van der Waals surface area (Å²) >= 11 is 0. The number of nitrogens with one attached hydrogen (secondary N) is 1. The summed E-state index contributed by atoms with van der Waals surface area (Å²) in [6.45, 7) is 5.06. The summed E-state index contributed by atoms with van der Waals surface area (Å²) in [5.41, 5.74) is -0.500. The van der Waals surface area contributed by atoms with Crippen molar-refractivity contribution in [3.8, 4) is 0 Å². The van der Waals surface area contributed by atoms with E-state index in [0.29, 0.717) is 18.8 Å². The van der Waals surface area contributed by atoms with Gasteiger partial charge in [-0.3, -0.25) is 4.79 Å². The lowest BCUT2D eigenvalue weighted by Gasteiger charge is -2.45. The first-order valence-electron chi connectivity index (χ1n) is 5.40. The molecule has 0 heterocycles. The van der Waals surface area contributed by atoms with Crippen molar-refractivity contribution in [2.75, 3.05) is 20.8 Å². The van der Waals surface area contributed by atoms with E-state index in [0.717, 1.165) is 6.54 Å². The molecule has 0 unspecified atom stereocenters. The molecule has 0 aromatic heterocycles. The Morgan fingerprint density at radius 3 is 2.47 bits per heavy atom. The SMILES string of the molecule is COC(=O)C1(NCC(C)C)CC(OC)C1. The summed E-state index contributed by atoms with van der Waals surface area (Å²) in [5, 5.41) is 3.29. The summed E-state index contributed by atoms with van der Waals surface area (Å²) in [7, 11) is 3.11. The molecule has 15 heavy (non-hydrogen) atoms. The molecule has 88 valence electrons. The Morgan fingerprint density at radius 1 is 1.47 bits per heavy atom. The minimum atomic E-state index is -0.500. The largest absolute Gasteiger partial charge is 0.468 e. The molecule has 4 heteroatoms. The van der Waals surface area contributed by atoms with Crippen LogP contribution in [0, 0.1) is 5.92 Å². The van der Waals surface area contributed by atoms with Crippen LogP contribution in [-0.2, 0) is 14.3 Å². The molecular weight excluding hydrogens is 194 g/mol. The van der Waals surface area contributed by atoms with Gasteiger partial charge >= 0.3 is 5.97 Å². The van der Waals surface area contributed by atoms with E-state index in [-0.39, 0.29) is 12.1 Å². The Bertz CT molecular complexity index is 222. The molecule has 0 aromatic rings. The van der Waals surface area contributed by atoms with Crippen molar-refractivity contribution < 1.29 is 14.3 Å². The number of carbonyl (C=O) groups is 1. The van der Waals surface area contributed by atoms with Crippen LogP contribution in [0.3, 0.4) is 0 Å². The van der Waals surface area contributed by atoms with Gasteiger partial charge in [0.25, 0.3) is 0 Å². The summed E-state index contributed by atoms with van der Waals surface area (Å²) in [4.78, 5) is 11.6. The van der Waals surface area contributed by atoms with Crippen molar-refractivity contribution in [3.63, 3.8) is 0 Å². The molecule has 1 saturated carbocycles. The molecule has 1 aliphatic carbocycles. The third kappa shape index (κ3) is 2.69. The van der Waals surface area contributed by atoms with Crippen LogP contribution in [-0.4, -0.2) is 38.4 Å². The molecular formula is C11H21NO3. The first-order valence-corrected chi connectivity index (χ1v) is 5.40. The van der Waals surface area contributed by atoms with Crippen molar-refractivity contribution in [1.29, 1.82) is 0 Å². The molecule has 0 atom stereocenters. The van der Waals surface area contributed by atoms with Gasteiger partial charge < -0.3 is 14.8 Å². The third-order valence-corrected chi connectivity index (χ3v) is 2.91. The molecule has 1 rings (SSSR count). The number of carbonyl (C=O) groups excluding carboxylic acids is 1. The Hall–Kier alpha value is -0.610. The molecule has 0 amide bonds. The standard InChI is InChI=1S/C11H21NO3/c1-8(2)7-12-11(10(13)15-4)5-9(6-11)14-3/h8-9,12H,5-7H2,1-4H3. The highest BCUT2D eigenvalue weighted by Gasteiger charge is 2.51. The summed E-state index contributed by atoms with van der Waals surface area (Å²) in [6.07, 6.45) is 1.61. The molecule has 1 N–H and O–H groups in total. The van der Waals surface area contributed by atoms with Crippen LogP contribution in [0.25, 0.3) is 0 Å². The van der Waals surface area contributed by atoms with Gasteiger partial charge in [-0.05, 0) is 12.5 Å². The van der Waals surface area contributed by atoms with E-state index in [2.05, 4.69) is 19.2 Å². The van der Waals surface area contributed by atoms with E-state index in [1.807, 2.05) is 0 Å². The molecule has 0 aliphatic heterocycles. The van der Waals surface area contributed by atoms with E-state index in [1.54, 1.807) is 7.11 Å². The second-order valence-corrected chi connectivity index (χ2v) is 4.61. The van der Waals surface area contributed by atoms with Gasteiger partial charge in [-0.15, -0.1) is 0 Å². The van der Waals surface area contributed by atoms with E-state index >= 15 is 0 Å². The van der Waals surface area contributed by atoms with Crippen LogP contribution in [0.15, 0.2) is 0 Å². The van der Waals surface area contributed by atoms with E-state index in [9.17, 15) is 4.79 Å². The number of hydrogen-bond acceptors (Lipinski definition) is 4. The number of rotatable bonds is 5. The summed E-state index contributed by atoms with van der Waals surface area (Å²) in [6, 6.07) is 0. The smallest absolute Gasteiger partial charge is 0.326 e. The molecule has 0 bridgehead atoms. The maximum absolute atomic E-state index is 11.6. The Morgan fingerprint density at radius 2 is 2.07 bits per heavy atom. The minimum absolute atomic E-state index is 0.170. The monoisotopic (exact) mass is 215 g/mol. The lowest BCUT2D eigenvalue weighted by atomic mass is 9.74. The van der Waals surface area contributed by atoms with Crippen LogP contribution < -0.4 is 5.32 Å². The van der Waals surface area contributed by atoms with Gasteiger partial charge in [-0.25, -0.2) is 0 Å². The second kappa shape index (κ2) is 4.94. The summed E-state index contributed by atoms with van der Waals surface area (Å²) in [5.74, 6) is 0.351. The topological polar surface area (TPSA) is 47.6 Å². The zero-order valence-corrected chi connectivity index (χ0v) is 10.0. The van der Waals surface area contributed by atoms with Gasteiger partial charge in [0.05, 0.1) is 13.2 Å². The normalized spacial score (nSPS) is 30.1. The number of ether oxygens (including phenoxy) is 2. The van der Waals surface area contributed by atoms with Gasteiger partial charge in [-0.1, -0.05) is 13.8 Å². The van der Waals surface area contributed by atoms with Gasteiger partial charge in [0.1, 0.15) is 5.54 Å². The molecule has 1 fully saturated rings. The predicted octanol–water partition coefficient (Wildman–Crippen LogP) is 0.953. The van der Waals surface area contributed by atoms with E-state index in [4.69, 9.17) is 9.47 Å². The molecule has 0 spiro atoms. The fraction of sp³-hybridized carbons (Fsp3) is 0.909. The van der Waals surface area contributed by atoms with Crippen molar-refractivity contribution in [2.45, 2.75) is 38.3 Å². The second-order valence-electron chi connectivity index (χ2n) is 4.61.